The third kappa shape index (κ3) is 12.1. The molecule has 5 N–H and O–H groups in total. The number of pyridine rings is 1. The summed E-state index contributed by atoms with van der Waals surface area (Å²) >= 11 is 0. The van der Waals surface area contributed by atoms with Crippen LogP contribution < -0.4 is 16.0 Å². The second kappa shape index (κ2) is 21.8. The van der Waals surface area contributed by atoms with Gasteiger partial charge in [-0.2, -0.15) is 0 Å². The molecule has 2 saturated heterocycles. The van der Waals surface area contributed by atoms with Gasteiger partial charge in [-0.1, -0.05) is 71.9 Å². The van der Waals surface area contributed by atoms with Crippen LogP contribution in [-0.4, -0.2) is 159 Å². The zero-order valence-corrected chi connectivity index (χ0v) is 37.4. The molecule has 0 bridgehead atoms. The van der Waals surface area contributed by atoms with Crippen LogP contribution in [0, 0.1) is 17.8 Å². The van der Waals surface area contributed by atoms with Crippen molar-refractivity contribution < 1.29 is 53.3 Å². The lowest BCUT2D eigenvalue weighted by molar-refractivity contribution is -0.157. The highest BCUT2D eigenvalue weighted by molar-refractivity contribution is 6.00. The molecule has 8 atom stereocenters. The number of likely N-dealkylation sites (N-methyl/N-ethyl adjacent to an activating group) is 3. The average Bonchev–Trinajstić information content (AvgIpc) is 3.64. The van der Waals surface area contributed by atoms with Crippen molar-refractivity contribution in [3.05, 3.63) is 59.9 Å². The quantitative estimate of drug-likeness (QED) is 0.229. The Morgan fingerprint density at radius 2 is 1.52 bits per heavy atom. The Labute approximate surface area is 367 Å². The van der Waals surface area contributed by atoms with E-state index in [-0.39, 0.29) is 37.6 Å². The number of hydrogen-bond acceptors (Lipinski definition) is 12. The zero-order valence-electron chi connectivity index (χ0n) is 37.4. The van der Waals surface area contributed by atoms with Crippen molar-refractivity contribution in [2.24, 2.45) is 17.8 Å². The molecule has 0 radical (unpaired) electrons. The van der Waals surface area contributed by atoms with Gasteiger partial charge in [-0.05, 0) is 48.3 Å². The normalized spacial score (nSPS) is 25.8. The molecule has 63 heavy (non-hydrogen) atoms. The first-order valence-electron chi connectivity index (χ1n) is 21.2. The van der Waals surface area contributed by atoms with Gasteiger partial charge in [0.05, 0.1) is 12.6 Å². The van der Waals surface area contributed by atoms with Crippen LogP contribution in [0.3, 0.4) is 0 Å². The number of hydrogen-bond donors (Lipinski definition) is 5. The number of aromatic hydroxyl groups is 1. The van der Waals surface area contributed by atoms with Crippen molar-refractivity contribution >= 4 is 47.3 Å². The van der Waals surface area contributed by atoms with E-state index >= 15 is 0 Å². The molecule has 2 aliphatic heterocycles. The monoisotopic (exact) mass is 878 g/mol. The second-order valence-corrected chi connectivity index (χ2v) is 17.1. The lowest BCUT2D eigenvalue weighted by Crippen LogP contribution is -2.59. The van der Waals surface area contributed by atoms with Gasteiger partial charge in [0.2, 0.25) is 35.4 Å². The predicted octanol–water partition coefficient (Wildman–Crippen LogP) is 0.607. The lowest BCUT2D eigenvalue weighted by atomic mass is 9.88. The predicted molar refractivity (Wildman–Crippen MR) is 228 cm³/mol. The maximum atomic E-state index is 14.4. The number of cyclic esters (lactones) is 1. The number of fused-ring (bicyclic) bond motifs is 1. The summed E-state index contributed by atoms with van der Waals surface area (Å²) in [5.41, 5.74) is -0.131. The molecule has 344 valence electrons. The Hall–Kier alpha value is -6.11. The van der Waals surface area contributed by atoms with Crippen LogP contribution in [0.5, 0.6) is 5.75 Å². The number of aromatic nitrogens is 1. The largest absolute Gasteiger partial charge is 0.505 e. The van der Waals surface area contributed by atoms with Crippen molar-refractivity contribution in [1.82, 2.24) is 40.5 Å². The fourth-order valence-electron chi connectivity index (χ4n) is 7.74. The molecular formula is C44H62N8O11. The van der Waals surface area contributed by atoms with E-state index in [9.17, 15) is 48.6 Å². The number of ether oxygens (including phenoxy) is 1. The van der Waals surface area contributed by atoms with Gasteiger partial charge in [-0.25, -0.2) is 9.78 Å². The lowest BCUT2D eigenvalue weighted by Gasteiger charge is -2.37. The van der Waals surface area contributed by atoms with Gasteiger partial charge in [0, 0.05) is 40.3 Å². The molecule has 2 fully saturated rings. The third-order valence-corrected chi connectivity index (χ3v) is 11.7. The van der Waals surface area contributed by atoms with E-state index in [2.05, 4.69) is 20.9 Å². The Kier molecular flexibility index (Phi) is 17.1. The van der Waals surface area contributed by atoms with E-state index in [1.54, 1.807) is 58.0 Å². The summed E-state index contributed by atoms with van der Waals surface area (Å²) in [6.07, 6.45) is 0.0751. The maximum absolute atomic E-state index is 14.4. The Bertz CT molecular complexity index is 2000. The standard InChI is InChI=1S/C44H62N8O11/c1-10-29-41(59)51(9)37(27-15-12-11-13-16-27)44(62)63-23-31(48-39(57)35-33(54)17-14-18-45-35)38(56)47-30(19-24(2)3)42(60)52-21-28(53)20-32(52)43(61)49(7)22-34(55)50(8)36(40(58)46-29)26(6)25(4)5/h11-18,24-26,28-32,36-37,53-54H,10,19-23H2,1-9H3,(H,46,58)(H,47,56)(H,48,57)/t26-,28-,29+,30+,31+,32+,36+,37+/m1/s1. The summed E-state index contributed by atoms with van der Waals surface area (Å²) in [5, 5.41) is 29.0. The molecule has 1 aromatic carbocycles. The molecule has 19 nitrogen and oxygen atoms in total. The fraction of sp³-hybridized carbons (Fsp3) is 0.568. The van der Waals surface area contributed by atoms with Gasteiger partial charge in [-0.15, -0.1) is 0 Å². The highest BCUT2D eigenvalue weighted by Gasteiger charge is 2.45. The van der Waals surface area contributed by atoms with Crippen molar-refractivity contribution in [3.8, 4) is 5.75 Å². The fourth-order valence-corrected chi connectivity index (χ4v) is 7.74. The highest BCUT2D eigenvalue weighted by Crippen LogP contribution is 2.26. The van der Waals surface area contributed by atoms with E-state index < -0.39 is 120 Å². The molecule has 0 aliphatic carbocycles. The van der Waals surface area contributed by atoms with Gasteiger partial charge in [0.25, 0.3) is 5.91 Å². The molecule has 0 spiro atoms. The van der Waals surface area contributed by atoms with Crippen LogP contribution in [0.1, 0.15) is 82.9 Å². The van der Waals surface area contributed by atoms with E-state index in [0.717, 1.165) is 14.7 Å². The van der Waals surface area contributed by atoms with Gasteiger partial charge in [0.15, 0.2) is 11.7 Å². The highest BCUT2D eigenvalue weighted by atomic mass is 16.5. The van der Waals surface area contributed by atoms with Crippen molar-refractivity contribution in [2.75, 3.05) is 40.8 Å². The summed E-state index contributed by atoms with van der Waals surface area (Å²) in [4.78, 5) is 121. The minimum Gasteiger partial charge on any atom is -0.505 e. The van der Waals surface area contributed by atoms with Crippen molar-refractivity contribution in [3.63, 3.8) is 0 Å². The molecule has 7 amide bonds. The van der Waals surface area contributed by atoms with E-state index in [1.165, 1.54) is 44.4 Å². The number of aliphatic hydroxyl groups excluding tert-OH is 1. The molecule has 3 heterocycles. The molecule has 19 heteroatoms. The first-order chi connectivity index (χ1) is 29.7. The Balaban J connectivity index is 1.85. The smallest absolute Gasteiger partial charge is 0.333 e. The average molecular weight is 879 g/mol. The SMILES string of the molecule is CC[C@@H]1NC(=O)[C@H]([C@H](C)C(C)C)N(C)C(=O)CN(C)C(=O)[C@@H]2C[C@@H](O)CN2C(=O)[C@H](CC(C)C)NC(=O)[C@@H](NC(=O)c2ncccc2O)COC(=O)[C@H](c2ccccc2)N(C)C1=O. The van der Waals surface area contributed by atoms with Gasteiger partial charge < -0.3 is 50.5 Å². The van der Waals surface area contributed by atoms with Crippen LogP contribution in [0.15, 0.2) is 48.7 Å². The summed E-state index contributed by atoms with van der Waals surface area (Å²) in [6, 6.07) is 2.76. The van der Waals surface area contributed by atoms with Gasteiger partial charge >= 0.3 is 5.97 Å². The molecule has 0 saturated carbocycles. The van der Waals surface area contributed by atoms with Crippen molar-refractivity contribution in [2.45, 2.75) is 103 Å². The first kappa shape index (κ1) is 49.5. The van der Waals surface area contributed by atoms with Crippen LogP contribution in [0.25, 0.3) is 0 Å². The minimum atomic E-state index is -1.71. The second-order valence-electron chi connectivity index (χ2n) is 17.1. The Morgan fingerprint density at radius 1 is 0.873 bits per heavy atom. The van der Waals surface area contributed by atoms with Gasteiger partial charge in [0.1, 0.15) is 42.6 Å². The van der Waals surface area contributed by atoms with Crippen LogP contribution in [0.2, 0.25) is 0 Å². The molecule has 2 aromatic rings. The number of esters is 1. The molecule has 0 unspecified atom stereocenters. The summed E-state index contributed by atoms with van der Waals surface area (Å²) in [6.45, 7) is 9.21. The molecule has 1 aromatic heterocycles. The number of amides is 7. The number of rotatable bonds is 8. The summed E-state index contributed by atoms with van der Waals surface area (Å²) in [5.74, 6) is -7.64. The number of nitrogens with one attached hydrogen (secondary N) is 3. The summed E-state index contributed by atoms with van der Waals surface area (Å²) in [7, 11) is 4.15. The topological polar surface area (TPSA) is 248 Å². The molecular weight excluding hydrogens is 817 g/mol. The van der Waals surface area contributed by atoms with Crippen LogP contribution in [-0.2, 0) is 38.3 Å². The van der Waals surface area contributed by atoms with Gasteiger partial charge in [-0.3, -0.25) is 33.6 Å². The minimum absolute atomic E-state index is 0.0394. The van der Waals surface area contributed by atoms with E-state index in [1.807, 2.05) is 13.8 Å². The van der Waals surface area contributed by atoms with E-state index in [0.29, 0.717) is 5.56 Å². The summed E-state index contributed by atoms with van der Waals surface area (Å²) < 4.78 is 5.73. The third-order valence-electron chi connectivity index (χ3n) is 11.7. The number of benzene rings is 1. The maximum Gasteiger partial charge on any atom is 0.333 e. The first-order valence-corrected chi connectivity index (χ1v) is 21.2. The van der Waals surface area contributed by atoms with E-state index in [4.69, 9.17) is 4.74 Å². The number of carbonyl (C=O) groups excluding carboxylic acids is 8. The number of nitrogens with zero attached hydrogens (tertiary/aromatic N) is 5. The molecule has 4 rings (SSSR count). The van der Waals surface area contributed by atoms with Crippen molar-refractivity contribution in [1.29, 1.82) is 0 Å². The Morgan fingerprint density at radius 3 is 2.13 bits per heavy atom. The molecule has 2 aliphatic rings. The number of carbonyl (C=O) groups is 8. The zero-order chi connectivity index (χ0) is 46.9. The van der Waals surface area contributed by atoms with Crippen LogP contribution >= 0.6 is 0 Å². The van der Waals surface area contributed by atoms with Crippen LogP contribution in [0.4, 0.5) is 0 Å². The number of aliphatic hydroxyl groups is 1.